The molecule has 0 aliphatic rings. The van der Waals surface area contributed by atoms with E-state index in [9.17, 15) is 19.6 Å². The van der Waals surface area contributed by atoms with E-state index in [2.05, 4.69) is 5.32 Å². The number of methoxy groups -OCH3 is 1. The topological polar surface area (TPSA) is 119 Å². The van der Waals surface area contributed by atoms with Gasteiger partial charge in [0.15, 0.2) is 0 Å². The maximum absolute atomic E-state index is 12.6. The molecule has 0 radical (unpaired) electrons. The summed E-state index contributed by atoms with van der Waals surface area (Å²) in [6, 6.07) is 24.2. The molecule has 1 heterocycles. The third-order valence-electron chi connectivity index (χ3n) is 5.48. The van der Waals surface area contributed by atoms with Gasteiger partial charge < -0.3 is 19.2 Å². The first-order chi connectivity index (χ1) is 18.0. The first kappa shape index (κ1) is 24.9. The lowest BCUT2D eigenvalue weighted by Gasteiger charge is -2.07. The summed E-state index contributed by atoms with van der Waals surface area (Å²) in [5.41, 5.74) is 0.543. The number of esters is 1. The van der Waals surface area contributed by atoms with E-state index < -0.39 is 17.5 Å². The van der Waals surface area contributed by atoms with Gasteiger partial charge in [-0.2, -0.15) is 5.26 Å². The van der Waals surface area contributed by atoms with E-state index in [0.29, 0.717) is 29.7 Å². The molecule has 0 spiro atoms. The molecule has 184 valence electrons. The second kappa shape index (κ2) is 11.5. The zero-order valence-corrected chi connectivity index (χ0v) is 19.9. The Morgan fingerprint density at radius 1 is 1.03 bits per heavy atom. The summed E-state index contributed by atoms with van der Waals surface area (Å²) < 4.78 is 15.9. The van der Waals surface area contributed by atoms with Crippen LogP contribution in [-0.2, 0) is 11.2 Å². The Hall–Kier alpha value is -5.16. The molecule has 37 heavy (non-hydrogen) atoms. The molecule has 0 aliphatic heterocycles. The van der Waals surface area contributed by atoms with Gasteiger partial charge in [0.05, 0.1) is 7.11 Å². The number of fused-ring (bicyclic) bond motifs is 1. The van der Waals surface area contributed by atoms with Gasteiger partial charge >= 0.3 is 11.6 Å². The Labute approximate surface area is 212 Å². The van der Waals surface area contributed by atoms with E-state index in [1.807, 2.05) is 36.4 Å². The number of nitriles is 1. The number of hydrogen-bond acceptors (Lipinski definition) is 7. The first-order valence-corrected chi connectivity index (χ1v) is 11.4. The smallest absolute Gasteiger partial charge is 0.354 e. The summed E-state index contributed by atoms with van der Waals surface area (Å²) in [5, 5.41) is 12.7. The van der Waals surface area contributed by atoms with Crippen LogP contribution in [0.3, 0.4) is 0 Å². The maximum atomic E-state index is 12.6. The van der Waals surface area contributed by atoms with Gasteiger partial charge in [-0.25, -0.2) is 9.59 Å². The van der Waals surface area contributed by atoms with Gasteiger partial charge in [-0.1, -0.05) is 48.5 Å². The summed E-state index contributed by atoms with van der Waals surface area (Å²) in [4.78, 5) is 37.6. The molecule has 0 saturated heterocycles. The number of benzene rings is 3. The summed E-state index contributed by atoms with van der Waals surface area (Å²) in [7, 11) is 1.49. The normalized spacial score (nSPS) is 11.0. The number of amides is 1. The summed E-state index contributed by atoms with van der Waals surface area (Å²) >= 11 is 0. The molecule has 3 aromatic carbocycles. The highest BCUT2D eigenvalue weighted by molar-refractivity contribution is 6.00. The van der Waals surface area contributed by atoms with E-state index in [1.165, 1.54) is 31.4 Å². The number of nitrogens with one attached hydrogen (secondary N) is 1. The average Bonchev–Trinajstić information content (AvgIpc) is 2.91. The van der Waals surface area contributed by atoms with Gasteiger partial charge in [-0.3, -0.25) is 4.79 Å². The predicted octanol–water partition coefficient (Wildman–Crippen LogP) is 4.29. The molecule has 0 fully saturated rings. The second-order valence-corrected chi connectivity index (χ2v) is 7.94. The molecule has 0 atom stereocenters. The Morgan fingerprint density at radius 3 is 2.54 bits per heavy atom. The Bertz CT molecular complexity index is 1580. The standard InChI is InChI=1S/C29H22N2O6/c1-35-25-10-6-5-9-20(25)15-22(18-30)28(33)36-23-12-11-21-16-24(29(34)37-26(21)17-23)27(32)31-14-13-19-7-3-2-4-8-19/h2-12,15-17H,13-14H2,1H3,(H,31,32)/b22-15+. The molecule has 0 aliphatic carbocycles. The molecular formula is C29H22N2O6. The Morgan fingerprint density at radius 2 is 1.78 bits per heavy atom. The average molecular weight is 495 g/mol. The van der Waals surface area contributed by atoms with Crippen molar-refractivity contribution in [1.82, 2.24) is 5.32 Å². The largest absolute Gasteiger partial charge is 0.496 e. The summed E-state index contributed by atoms with van der Waals surface area (Å²) in [6.45, 7) is 0.360. The van der Waals surface area contributed by atoms with Gasteiger partial charge in [0.1, 0.15) is 34.3 Å². The fourth-order valence-corrected chi connectivity index (χ4v) is 3.61. The molecule has 1 aromatic heterocycles. The van der Waals surface area contributed by atoms with Crippen molar-refractivity contribution in [2.75, 3.05) is 13.7 Å². The number of carbonyl (C=O) groups excluding carboxylic acids is 2. The van der Waals surface area contributed by atoms with Crippen molar-refractivity contribution in [2.24, 2.45) is 0 Å². The van der Waals surface area contributed by atoms with Gasteiger partial charge in [-0.15, -0.1) is 0 Å². The SMILES string of the molecule is COc1ccccc1/C=C(\C#N)C(=O)Oc1ccc2cc(C(=O)NCCc3ccccc3)c(=O)oc2c1. The molecule has 4 aromatic rings. The molecule has 4 rings (SSSR count). The molecule has 1 amide bonds. The van der Waals surface area contributed by atoms with Gasteiger partial charge in [0.25, 0.3) is 5.91 Å². The van der Waals surface area contributed by atoms with Crippen LogP contribution >= 0.6 is 0 Å². The van der Waals surface area contributed by atoms with Crippen LogP contribution in [0.2, 0.25) is 0 Å². The number of ether oxygens (including phenoxy) is 2. The van der Waals surface area contributed by atoms with Crippen LogP contribution in [-0.4, -0.2) is 25.5 Å². The van der Waals surface area contributed by atoms with Crippen LogP contribution in [0.25, 0.3) is 17.0 Å². The first-order valence-electron chi connectivity index (χ1n) is 11.4. The van der Waals surface area contributed by atoms with Crippen molar-refractivity contribution < 1.29 is 23.5 Å². The quantitative estimate of drug-likeness (QED) is 0.128. The van der Waals surface area contributed by atoms with Crippen molar-refractivity contribution in [2.45, 2.75) is 6.42 Å². The molecule has 0 saturated carbocycles. The highest BCUT2D eigenvalue weighted by atomic mass is 16.5. The maximum Gasteiger partial charge on any atom is 0.354 e. The minimum absolute atomic E-state index is 0.0712. The van der Waals surface area contributed by atoms with Crippen molar-refractivity contribution in [3.63, 3.8) is 0 Å². The zero-order chi connectivity index (χ0) is 26.2. The van der Waals surface area contributed by atoms with Crippen molar-refractivity contribution >= 4 is 28.9 Å². The molecule has 8 nitrogen and oxygen atoms in total. The lowest BCUT2D eigenvalue weighted by atomic mass is 10.1. The van der Waals surface area contributed by atoms with Gasteiger partial charge in [-0.05, 0) is 42.3 Å². The van der Waals surface area contributed by atoms with Gasteiger partial charge in [0, 0.05) is 23.6 Å². The third kappa shape index (κ3) is 6.10. The van der Waals surface area contributed by atoms with Crippen LogP contribution in [0.1, 0.15) is 21.5 Å². The van der Waals surface area contributed by atoms with E-state index in [4.69, 9.17) is 13.9 Å². The van der Waals surface area contributed by atoms with Crippen LogP contribution < -0.4 is 20.4 Å². The highest BCUT2D eigenvalue weighted by Gasteiger charge is 2.16. The molecule has 0 bridgehead atoms. The zero-order valence-electron chi connectivity index (χ0n) is 19.9. The number of nitrogens with zero attached hydrogens (tertiary/aromatic N) is 1. The molecule has 0 unspecified atom stereocenters. The summed E-state index contributed by atoms with van der Waals surface area (Å²) in [5.74, 6) is -0.857. The predicted molar refractivity (Wildman–Crippen MR) is 137 cm³/mol. The number of para-hydroxylation sites is 1. The van der Waals surface area contributed by atoms with Crippen molar-refractivity contribution in [1.29, 1.82) is 5.26 Å². The Balaban J connectivity index is 1.48. The molecular weight excluding hydrogens is 472 g/mol. The second-order valence-electron chi connectivity index (χ2n) is 7.94. The van der Waals surface area contributed by atoms with Gasteiger partial charge in [0.2, 0.25) is 0 Å². The third-order valence-corrected chi connectivity index (χ3v) is 5.48. The fourth-order valence-electron chi connectivity index (χ4n) is 3.61. The minimum Gasteiger partial charge on any atom is -0.496 e. The van der Waals surface area contributed by atoms with E-state index in [0.717, 1.165) is 5.56 Å². The van der Waals surface area contributed by atoms with Crippen LogP contribution in [0.4, 0.5) is 0 Å². The fraction of sp³-hybridized carbons (Fsp3) is 0.103. The van der Waals surface area contributed by atoms with Crippen molar-refractivity contribution in [3.8, 4) is 17.6 Å². The monoisotopic (exact) mass is 494 g/mol. The van der Waals surface area contributed by atoms with Crippen molar-refractivity contribution in [3.05, 3.63) is 112 Å². The van der Waals surface area contributed by atoms with Crippen LogP contribution in [0.5, 0.6) is 11.5 Å². The lowest BCUT2D eigenvalue weighted by Crippen LogP contribution is -2.29. The highest BCUT2D eigenvalue weighted by Crippen LogP contribution is 2.23. The van der Waals surface area contributed by atoms with E-state index in [-0.39, 0.29) is 22.5 Å². The lowest BCUT2D eigenvalue weighted by molar-refractivity contribution is -0.129. The molecule has 1 N–H and O–H groups in total. The minimum atomic E-state index is -0.885. The number of rotatable bonds is 8. The number of hydrogen-bond donors (Lipinski definition) is 1. The van der Waals surface area contributed by atoms with Crippen LogP contribution in [0, 0.1) is 11.3 Å². The van der Waals surface area contributed by atoms with Crippen LogP contribution in [0.15, 0.2) is 93.6 Å². The van der Waals surface area contributed by atoms with E-state index in [1.54, 1.807) is 30.3 Å². The van der Waals surface area contributed by atoms with E-state index >= 15 is 0 Å². The number of carbonyl (C=O) groups is 2. The Kier molecular flexibility index (Phi) is 7.76. The summed E-state index contributed by atoms with van der Waals surface area (Å²) in [6.07, 6.45) is 1.99. The molecule has 8 heteroatoms.